The number of rotatable bonds is 3. The van der Waals surface area contributed by atoms with Crippen molar-refractivity contribution in [2.45, 2.75) is 18.2 Å². The summed E-state index contributed by atoms with van der Waals surface area (Å²) in [4.78, 5) is 13.3. The molecule has 5 nitrogen and oxygen atoms in total. The highest BCUT2D eigenvalue weighted by Gasteiger charge is 2.10. The van der Waals surface area contributed by atoms with E-state index in [0.29, 0.717) is 4.34 Å². The third-order valence-corrected chi connectivity index (χ3v) is 2.52. The van der Waals surface area contributed by atoms with E-state index in [1.165, 1.54) is 6.20 Å². The highest BCUT2D eigenvalue weighted by atomic mass is 32.2. The van der Waals surface area contributed by atoms with Crippen LogP contribution in [-0.2, 0) is 0 Å². The number of hydrogen-bond acceptors (Lipinski definition) is 6. The number of nitro groups is 1. The number of thioether (sulfide) groups is 1. The molecule has 0 fully saturated rings. The molecule has 0 radical (unpaired) electrons. The summed E-state index contributed by atoms with van der Waals surface area (Å²) in [5.74, 6) is 0. The van der Waals surface area contributed by atoms with E-state index in [4.69, 9.17) is 5.41 Å². The van der Waals surface area contributed by atoms with Crippen LogP contribution in [0.5, 0.6) is 0 Å². The third kappa shape index (κ3) is 4.00. The molecule has 0 aliphatic heterocycles. The smallest absolute Gasteiger partial charge is 0.301 e. The summed E-state index contributed by atoms with van der Waals surface area (Å²) >= 11 is 2.03. The standard InChI is InChI=1S/C4H3N3O2S2.C2H6/c5-2-10-4-6-1-3(11-4)7(8)9;1-2/h1-2,5H;1-2H3. The van der Waals surface area contributed by atoms with E-state index in [-0.39, 0.29) is 5.00 Å². The molecule has 1 aromatic heterocycles. The van der Waals surface area contributed by atoms with Crippen LogP contribution in [-0.4, -0.2) is 15.5 Å². The van der Waals surface area contributed by atoms with Gasteiger partial charge in [0.15, 0.2) is 4.34 Å². The summed E-state index contributed by atoms with van der Waals surface area (Å²) in [6.45, 7) is 4.00. The molecule has 7 heteroatoms. The quantitative estimate of drug-likeness (QED) is 0.279. The zero-order chi connectivity index (χ0) is 10.3. The lowest BCUT2D eigenvalue weighted by atomic mass is 10.9. The monoisotopic (exact) mass is 219 g/mol. The average molecular weight is 219 g/mol. The summed E-state index contributed by atoms with van der Waals surface area (Å²) in [5, 5.41) is 16.8. The molecule has 0 saturated heterocycles. The minimum Gasteiger partial charge on any atom is -0.301 e. The Bertz CT molecular complexity index is 287. The number of hydrogen-bond donors (Lipinski definition) is 1. The molecule has 0 aliphatic rings. The van der Waals surface area contributed by atoms with Gasteiger partial charge in [-0.1, -0.05) is 13.8 Å². The maximum absolute atomic E-state index is 10.1. The van der Waals surface area contributed by atoms with Gasteiger partial charge in [0.25, 0.3) is 0 Å². The largest absolute Gasteiger partial charge is 0.344 e. The van der Waals surface area contributed by atoms with Crippen LogP contribution in [0.3, 0.4) is 0 Å². The second-order valence-corrected chi connectivity index (χ2v) is 3.58. The first kappa shape index (κ1) is 12.0. The van der Waals surface area contributed by atoms with E-state index < -0.39 is 4.92 Å². The van der Waals surface area contributed by atoms with Crippen molar-refractivity contribution in [1.82, 2.24) is 4.98 Å². The SMILES string of the molecule is CC.N=CSc1ncc([N+](=O)[O-])s1. The fourth-order valence-electron chi connectivity index (χ4n) is 0.439. The fourth-order valence-corrected chi connectivity index (χ4v) is 1.71. The molecule has 0 atom stereocenters. The van der Waals surface area contributed by atoms with Gasteiger partial charge in [-0.05, 0) is 23.1 Å². The predicted molar refractivity (Wildman–Crippen MR) is 54.8 cm³/mol. The van der Waals surface area contributed by atoms with Crippen molar-refractivity contribution in [1.29, 1.82) is 5.41 Å². The molecule has 0 aromatic carbocycles. The zero-order valence-electron chi connectivity index (χ0n) is 7.18. The molecule has 0 unspecified atom stereocenters. The van der Waals surface area contributed by atoms with Crippen molar-refractivity contribution in [3.8, 4) is 0 Å². The van der Waals surface area contributed by atoms with Crippen molar-refractivity contribution in [3.05, 3.63) is 16.3 Å². The van der Waals surface area contributed by atoms with Crippen LogP contribution in [0.25, 0.3) is 0 Å². The molecular formula is C6H9N3O2S2. The molecule has 1 N–H and O–H groups in total. The van der Waals surface area contributed by atoms with Gasteiger partial charge in [-0.2, -0.15) is 0 Å². The van der Waals surface area contributed by atoms with Gasteiger partial charge < -0.3 is 5.41 Å². The fraction of sp³-hybridized carbons (Fsp3) is 0.333. The van der Waals surface area contributed by atoms with Crippen LogP contribution in [0, 0.1) is 15.5 Å². The topological polar surface area (TPSA) is 79.9 Å². The normalized spacial score (nSPS) is 8.46. The third-order valence-electron chi connectivity index (χ3n) is 0.812. The number of nitrogens with one attached hydrogen (secondary N) is 1. The van der Waals surface area contributed by atoms with E-state index in [2.05, 4.69) is 4.98 Å². The first-order chi connectivity index (χ1) is 6.24. The van der Waals surface area contributed by atoms with Crippen molar-refractivity contribution >= 4 is 33.6 Å². The minimum atomic E-state index is -0.494. The molecule has 0 bridgehead atoms. The number of thiazole rings is 1. The van der Waals surface area contributed by atoms with Gasteiger partial charge >= 0.3 is 5.00 Å². The maximum Gasteiger partial charge on any atom is 0.344 e. The van der Waals surface area contributed by atoms with Gasteiger partial charge in [-0.3, -0.25) is 10.1 Å². The average Bonchev–Trinajstić information content (AvgIpc) is 2.57. The van der Waals surface area contributed by atoms with Crippen LogP contribution in [0.4, 0.5) is 5.00 Å². The zero-order valence-corrected chi connectivity index (χ0v) is 8.82. The first-order valence-corrected chi connectivity index (χ1v) is 5.19. The van der Waals surface area contributed by atoms with Gasteiger partial charge in [0, 0.05) is 0 Å². The van der Waals surface area contributed by atoms with Crippen LogP contribution in [0.15, 0.2) is 10.5 Å². The molecular weight excluding hydrogens is 210 g/mol. The molecule has 72 valence electrons. The van der Waals surface area contributed by atoms with Crippen LogP contribution < -0.4 is 0 Å². The lowest BCUT2D eigenvalue weighted by Crippen LogP contribution is -1.80. The van der Waals surface area contributed by atoms with Gasteiger partial charge in [-0.15, -0.1) is 0 Å². The van der Waals surface area contributed by atoms with Crippen LogP contribution >= 0.6 is 23.1 Å². The Hall–Kier alpha value is -0.950. The van der Waals surface area contributed by atoms with Gasteiger partial charge in [0.1, 0.15) is 6.20 Å². The molecule has 0 amide bonds. The van der Waals surface area contributed by atoms with Crippen molar-refractivity contribution in [2.75, 3.05) is 0 Å². The van der Waals surface area contributed by atoms with Gasteiger partial charge in [0.2, 0.25) is 0 Å². The molecule has 13 heavy (non-hydrogen) atoms. The Morgan fingerprint density at radius 1 is 1.77 bits per heavy atom. The maximum atomic E-state index is 10.1. The second-order valence-electron chi connectivity index (χ2n) is 1.46. The van der Waals surface area contributed by atoms with Crippen molar-refractivity contribution < 1.29 is 4.92 Å². The minimum absolute atomic E-state index is 0.00866. The number of aromatic nitrogens is 1. The van der Waals surface area contributed by atoms with Crippen LogP contribution in [0.1, 0.15) is 13.8 Å². The summed E-state index contributed by atoms with van der Waals surface area (Å²) in [6, 6.07) is 0. The van der Waals surface area contributed by atoms with E-state index in [9.17, 15) is 10.1 Å². The van der Waals surface area contributed by atoms with Crippen molar-refractivity contribution in [3.63, 3.8) is 0 Å². The van der Waals surface area contributed by atoms with E-state index in [0.717, 1.165) is 28.6 Å². The molecule has 1 rings (SSSR count). The van der Waals surface area contributed by atoms with E-state index >= 15 is 0 Å². The Morgan fingerprint density at radius 3 is 2.77 bits per heavy atom. The lowest BCUT2D eigenvalue weighted by Gasteiger charge is -1.79. The van der Waals surface area contributed by atoms with Gasteiger partial charge in [-0.25, -0.2) is 4.98 Å². The summed E-state index contributed by atoms with van der Waals surface area (Å²) in [7, 11) is 0. The first-order valence-electron chi connectivity index (χ1n) is 3.50. The Kier molecular flexibility index (Phi) is 6.07. The summed E-state index contributed by atoms with van der Waals surface area (Å²) in [5.41, 5.74) is 1.09. The Morgan fingerprint density at radius 2 is 2.38 bits per heavy atom. The molecule has 0 spiro atoms. The van der Waals surface area contributed by atoms with E-state index in [1.807, 2.05) is 13.8 Å². The van der Waals surface area contributed by atoms with Crippen LogP contribution in [0.2, 0.25) is 0 Å². The molecule has 1 aromatic rings. The second kappa shape index (κ2) is 6.55. The number of nitrogens with zero attached hydrogens (tertiary/aromatic N) is 2. The highest BCUT2D eigenvalue weighted by Crippen LogP contribution is 2.27. The summed E-state index contributed by atoms with van der Waals surface area (Å²) in [6.07, 6.45) is 1.19. The van der Waals surface area contributed by atoms with Crippen molar-refractivity contribution in [2.24, 2.45) is 0 Å². The molecule has 1 heterocycles. The Labute approximate surface area is 83.9 Å². The summed E-state index contributed by atoms with van der Waals surface area (Å²) < 4.78 is 0.520. The van der Waals surface area contributed by atoms with Gasteiger partial charge in [0.05, 0.1) is 10.5 Å². The van der Waals surface area contributed by atoms with E-state index in [1.54, 1.807) is 0 Å². The Balaban J connectivity index is 0.000000671. The molecule has 0 aliphatic carbocycles. The predicted octanol–water partition coefficient (Wildman–Crippen LogP) is 2.78. The molecule has 0 saturated carbocycles. The highest BCUT2D eigenvalue weighted by molar-refractivity contribution is 8.13. The lowest BCUT2D eigenvalue weighted by molar-refractivity contribution is -0.380.